The number of aryl methyl sites for hydroxylation is 2. The lowest BCUT2D eigenvalue weighted by Gasteiger charge is -2.27. The Morgan fingerprint density at radius 2 is 2.00 bits per heavy atom. The Balaban J connectivity index is 1.61. The first-order chi connectivity index (χ1) is 12.5. The van der Waals surface area contributed by atoms with Gasteiger partial charge in [0.2, 0.25) is 5.95 Å². The highest BCUT2D eigenvalue weighted by Crippen LogP contribution is 2.22. The minimum absolute atomic E-state index is 0.302. The van der Waals surface area contributed by atoms with Gasteiger partial charge in [-0.15, -0.1) is 0 Å². The fraction of sp³-hybridized carbons (Fsp3) is 0.389. The van der Waals surface area contributed by atoms with Crippen LogP contribution in [0.5, 0.6) is 0 Å². The van der Waals surface area contributed by atoms with Crippen molar-refractivity contribution in [2.24, 2.45) is 0 Å². The van der Waals surface area contributed by atoms with Crippen molar-refractivity contribution in [2.75, 3.05) is 36.5 Å². The molecule has 26 heavy (non-hydrogen) atoms. The topological polar surface area (TPSA) is 79.4 Å². The lowest BCUT2D eigenvalue weighted by molar-refractivity contribution is 0.122. The zero-order valence-corrected chi connectivity index (χ0v) is 15.6. The maximum atomic E-state index is 12.1. The summed E-state index contributed by atoms with van der Waals surface area (Å²) >= 11 is 6.14. The Kier molecular flexibility index (Phi) is 5.90. The van der Waals surface area contributed by atoms with Gasteiger partial charge in [-0.25, -0.2) is 14.8 Å². The molecule has 1 aromatic heterocycles. The maximum absolute atomic E-state index is 12.1. The second-order valence-electron chi connectivity index (χ2n) is 6.19. The minimum atomic E-state index is -0.333. The number of nitrogens with zero attached hydrogens (tertiary/aromatic N) is 3. The van der Waals surface area contributed by atoms with Crippen LogP contribution in [0.15, 0.2) is 24.3 Å². The average molecular weight is 376 g/mol. The highest BCUT2D eigenvalue weighted by atomic mass is 35.5. The zero-order valence-electron chi connectivity index (χ0n) is 14.9. The number of rotatable bonds is 4. The van der Waals surface area contributed by atoms with Crippen LogP contribution in [-0.2, 0) is 11.3 Å². The third kappa shape index (κ3) is 4.83. The number of urea groups is 1. The van der Waals surface area contributed by atoms with Gasteiger partial charge in [0.1, 0.15) is 0 Å². The first-order valence-corrected chi connectivity index (χ1v) is 8.87. The number of halogens is 1. The predicted molar refractivity (Wildman–Crippen MR) is 102 cm³/mol. The van der Waals surface area contributed by atoms with Crippen LogP contribution in [0.1, 0.15) is 17.0 Å². The van der Waals surface area contributed by atoms with Crippen molar-refractivity contribution in [2.45, 2.75) is 20.4 Å². The van der Waals surface area contributed by atoms with Crippen LogP contribution in [0.4, 0.5) is 16.4 Å². The molecule has 0 bridgehead atoms. The SMILES string of the molecule is Cc1ccc(NC(=O)NCc2cc(C)nc(N3CCOCC3)n2)c(Cl)c1. The van der Waals surface area contributed by atoms with E-state index < -0.39 is 0 Å². The number of ether oxygens (including phenoxy) is 1. The summed E-state index contributed by atoms with van der Waals surface area (Å²) in [7, 11) is 0. The monoisotopic (exact) mass is 375 g/mol. The number of hydrogen-bond donors (Lipinski definition) is 2. The highest BCUT2D eigenvalue weighted by molar-refractivity contribution is 6.33. The molecule has 0 radical (unpaired) electrons. The Bertz CT molecular complexity index is 793. The Morgan fingerprint density at radius 1 is 1.23 bits per heavy atom. The summed E-state index contributed by atoms with van der Waals surface area (Å²) in [6, 6.07) is 7.01. The van der Waals surface area contributed by atoms with Crippen LogP contribution in [-0.4, -0.2) is 42.3 Å². The van der Waals surface area contributed by atoms with Crippen LogP contribution in [0.2, 0.25) is 5.02 Å². The molecule has 1 aliphatic rings. The fourth-order valence-electron chi connectivity index (χ4n) is 2.67. The van der Waals surface area contributed by atoms with Crippen LogP contribution < -0.4 is 15.5 Å². The summed E-state index contributed by atoms with van der Waals surface area (Å²) in [6.07, 6.45) is 0. The number of benzene rings is 1. The number of hydrogen-bond acceptors (Lipinski definition) is 5. The first kappa shape index (κ1) is 18.4. The molecule has 2 aromatic rings. The van der Waals surface area contributed by atoms with E-state index in [1.54, 1.807) is 12.1 Å². The lowest BCUT2D eigenvalue weighted by atomic mass is 10.2. The zero-order chi connectivity index (χ0) is 18.5. The molecule has 8 heteroatoms. The van der Waals surface area contributed by atoms with Gasteiger partial charge in [-0.3, -0.25) is 0 Å². The van der Waals surface area contributed by atoms with Crippen molar-refractivity contribution in [3.8, 4) is 0 Å². The summed E-state index contributed by atoms with van der Waals surface area (Å²) in [4.78, 5) is 23.3. The van der Waals surface area contributed by atoms with Crippen molar-refractivity contribution in [1.29, 1.82) is 0 Å². The third-order valence-electron chi connectivity index (χ3n) is 3.99. The molecule has 0 atom stereocenters. The second kappa shape index (κ2) is 8.33. The first-order valence-electron chi connectivity index (χ1n) is 8.49. The van der Waals surface area contributed by atoms with E-state index in [1.165, 1.54) is 0 Å². The molecule has 3 rings (SSSR count). The van der Waals surface area contributed by atoms with E-state index >= 15 is 0 Å². The average Bonchev–Trinajstić information content (AvgIpc) is 2.63. The molecule has 1 fully saturated rings. The van der Waals surface area contributed by atoms with Crippen molar-refractivity contribution < 1.29 is 9.53 Å². The fourth-order valence-corrected chi connectivity index (χ4v) is 2.95. The van der Waals surface area contributed by atoms with Gasteiger partial charge < -0.3 is 20.3 Å². The van der Waals surface area contributed by atoms with Crippen molar-refractivity contribution in [1.82, 2.24) is 15.3 Å². The van der Waals surface area contributed by atoms with Gasteiger partial charge >= 0.3 is 6.03 Å². The summed E-state index contributed by atoms with van der Waals surface area (Å²) in [6.45, 7) is 7.04. The summed E-state index contributed by atoms with van der Waals surface area (Å²) < 4.78 is 5.36. The van der Waals surface area contributed by atoms with Crippen LogP contribution in [0.3, 0.4) is 0 Å². The van der Waals surface area contributed by atoms with Gasteiger partial charge in [-0.2, -0.15) is 0 Å². The molecule has 0 aliphatic carbocycles. The molecule has 138 valence electrons. The number of carbonyl (C=O) groups is 1. The number of morpholine rings is 1. The Labute approximate surface area is 157 Å². The quantitative estimate of drug-likeness (QED) is 0.858. The number of carbonyl (C=O) groups excluding carboxylic acids is 1. The number of nitrogens with one attached hydrogen (secondary N) is 2. The van der Waals surface area contributed by atoms with E-state index in [4.69, 9.17) is 16.3 Å². The molecule has 1 saturated heterocycles. The molecule has 2 amide bonds. The molecule has 7 nitrogen and oxygen atoms in total. The number of anilines is 2. The van der Waals surface area contributed by atoms with Crippen molar-refractivity contribution >= 4 is 29.3 Å². The van der Waals surface area contributed by atoms with Gasteiger partial charge in [-0.05, 0) is 37.6 Å². The van der Waals surface area contributed by atoms with E-state index in [9.17, 15) is 4.79 Å². The summed E-state index contributed by atoms with van der Waals surface area (Å²) in [5.74, 6) is 0.673. The second-order valence-corrected chi connectivity index (χ2v) is 6.60. The Hall–Kier alpha value is -2.38. The van der Waals surface area contributed by atoms with Gasteiger partial charge in [0.15, 0.2) is 0 Å². The van der Waals surface area contributed by atoms with Gasteiger partial charge in [0.25, 0.3) is 0 Å². The molecular weight excluding hydrogens is 354 g/mol. The van der Waals surface area contributed by atoms with E-state index in [2.05, 4.69) is 25.5 Å². The van der Waals surface area contributed by atoms with Crippen LogP contribution >= 0.6 is 11.6 Å². The van der Waals surface area contributed by atoms with E-state index in [1.807, 2.05) is 26.0 Å². The summed E-state index contributed by atoms with van der Waals surface area (Å²) in [5, 5.41) is 6.06. The van der Waals surface area contributed by atoms with E-state index in [0.29, 0.717) is 36.4 Å². The standard InChI is InChI=1S/C18H22ClN5O2/c1-12-3-4-16(15(19)9-12)23-18(25)20-11-14-10-13(2)21-17(22-14)24-5-7-26-8-6-24/h3-4,9-10H,5-8,11H2,1-2H3,(H2,20,23,25). The van der Waals surface area contributed by atoms with Crippen LogP contribution in [0, 0.1) is 13.8 Å². The third-order valence-corrected chi connectivity index (χ3v) is 4.30. The minimum Gasteiger partial charge on any atom is -0.378 e. The normalized spacial score (nSPS) is 14.2. The lowest BCUT2D eigenvalue weighted by Crippen LogP contribution is -2.37. The molecule has 0 spiro atoms. The maximum Gasteiger partial charge on any atom is 0.319 e. The predicted octanol–water partition coefficient (Wildman–Crippen LogP) is 2.91. The molecule has 1 aromatic carbocycles. The van der Waals surface area contributed by atoms with Crippen molar-refractivity contribution in [3.63, 3.8) is 0 Å². The van der Waals surface area contributed by atoms with Gasteiger partial charge in [-0.1, -0.05) is 17.7 Å². The molecule has 2 N–H and O–H groups in total. The molecule has 0 unspecified atom stereocenters. The molecule has 2 heterocycles. The van der Waals surface area contributed by atoms with Crippen LogP contribution in [0.25, 0.3) is 0 Å². The molecular formula is C18H22ClN5O2. The van der Waals surface area contributed by atoms with Gasteiger partial charge in [0.05, 0.1) is 36.2 Å². The van der Waals surface area contributed by atoms with Crippen molar-refractivity contribution in [3.05, 3.63) is 46.2 Å². The molecule has 0 saturated carbocycles. The Morgan fingerprint density at radius 3 is 2.73 bits per heavy atom. The van der Waals surface area contributed by atoms with Gasteiger partial charge in [0, 0.05) is 18.8 Å². The largest absolute Gasteiger partial charge is 0.378 e. The number of aromatic nitrogens is 2. The summed E-state index contributed by atoms with van der Waals surface area (Å²) in [5.41, 5.74) is 3.22. The number of amides is 2. The van der Waals surface area contributed by atoms with E-state index in [0.717, 1.165) is 30.0 Å². The van der Waals surface area contributed by atoms with E-state index in [-0.39, 0.29) is 6.03 Å². The molecule has 1 aliphatic heterocycles. The smallest absolute Gasteiger partial charge is 0.319 e. The highest BCUT2D eigenvalue weighted by Gasteiger charge is 2.15.